The van der Waals surface area contributed by atoms with Gasteiger partial charge in [0.2, 0.25) is 5.91 Å². The van der Waals surface area contributed by atoms with Crippen molar-refractivity contribution in [2.75, 3.05) is 6.61 Å². The van der Waals surface area contributed by atoms with Crippen LogP contribution in [0.15, 0.2) is 36.9 Å². The van der Waals surface area contributed by atoms with Crippen molar-refractivity contribution in [3.05, 3.63) is 48.0 Å². The fraction of sp³-hybridized carbons (Fsp3) is 0.500. The van der Waals surface area contributed by atoms with Crippen molar-refractivity contribution in [3.8, 4) is 0 Å². The van der Waals surface area contributed by atoms with Gasteiger partial charge in [-0.2, -0.15) is 5.10 Å². The van der Waals surface area contributed by atoms with E-state index in [1.807, 2.05) is 35.4 Å². The van der Waals surface area contributed by atoms with Crippen LogP contribution >= 0.6 is 0 Å². The first-order chi connectivity index (χ1) is 11.8. The van der Waals surface area contributed by atoms with Crippen LogP contribution in [0.25, 0.3) is 0 Å². The molecular formula is C18H22N4O2. The summed E-state index contributed by atoms with van der Waals surface area (Å²) in [5.74, 6) is 0.503. The molecule has 1 saturated carbocycles. The van der Waals surface area contributed by atoms with E-state index >= 15 is 0 Å². The molecule has 1 amide bonds. The molecule has 1 aliphatic carbocycles. The smallest absolute Gasteiger partial charge is 0.224 e. The maximum Gasteiger partial charge on any atom is 0.224 e. The summed E-state index contributed by atoms with van der Waals surface area (Å²) in [6.45, 7) is 3.56. The number of hydrogen-bond acceptors (Lipinski definition) is 4. The third kappa shape index (κ3) is 2.94. The van der Waals surface area contributed by atoms with Gasteiger partial charge in [-0.15, -0.1) is 0 Å². The SMILES string of the molecule is CCn1cc([C@H]2OCC[C@@H]2NC(=O)[C@@H]2C[C@@H]2c2cccnc2)cn1. The number of amides is 1. The molecule has 0 unspecified atom stereocenters. The number of rotatable bonds is 5. The summed E-state index contributed by atoms with van der Waals surface area (Å²) in [5, 5.41) is 7.50. The molecule has 1 N–H and O–H groups in total. The maximum atomic E-state index is 12.6. The number of ether oxygens (including phenoxy) is 1. The second kappa shape index (κ2) is 6.36. The minimum atomic E-state index is -0.0927. The largest absolute Gasteiger partial charge is 0.371 e. The molecule has 1 saturated heterocycles. The number of aromatic nitrogens is 3. The van der Waals surface area contributed by atoms with Gasteiger partial charge >= 0.3 is 0 Å². The van der Waals surface area contributed by atoms with Crippen LogP contribution in [0.3, 0.4) is 0 Å². The highest BCUT2D eigenvalue weighted by molar-refractivity contribution is 5.83. The van der Waals surface area contributed by atoms with Crippen LogP contribution in [0.5, 0.6) is 0 Å². The van der Waals surface area contributed by atoms with E-state index in [0.717, 1.165) is 30.5 Å². The van der Waals surface area contributed by atoms with Crippen molar-refractivity contribution in [1.29, 1.82) is 0 Å². The van der Waals surface area contributed by atoms with Gasteiger partial charge in [0.15, 0.2) is 0 Å². The summed E-state index contributed by atoms with van der Waals surface area (Å²) in [7, 11) is 0. The Kier molecular flexibility index (Phi) is 4.06. The van der Waals surface area contributed by atoms with Crippen molar-refractivity contribution in [2.24, 2.45) is 5.92 Å². The molecule has 3 heterocycles. The summed E-state index contributed by atoms with van der Waals surface area (Å²) in [5.41, 5.74) is 2.19. The molecular weight excluding hydrogens is 304 g/mol. The summed E-state index contributed by atoms with van der Waals surface area (Å²) >= 11 is 0. The molecule has 6 nitrogen and oxygen atoms in total. The molecule has 0 spiro atoms. The monoisotopic (exact) mass is 326 g/mol. The van der Waals surface area contributed by atoms with Crippen LogP contribution in [-0.2, 0) is 16.1 Å². The Morgan fingerprint density at radius 1 is 1.42 bits per heavy atom. The lowest BCUT2D eigenvalue weighted by Gasteiger charge is -2.19. The summed E-state index contributed by atoms with van der Waals surface area (Å²) < 4.78 is 7.73. The number of nitrogens with zero attached hydrogens (tertiary/aromatic N) is 3. The lowest BCUT2D eigenvalue weighted by molar-refractivity contribution is -0.123. The average molecular weight is 326 g/mol. The van der Waals surface area contributed by atoms with Crippen molar-refractivity contribution < 1.29 is 9.53 Å². The van der Waals surface area contributed by atoms with Gasteiger partial charge in [0, 0.05) is 43.2 Å². The Morgan fingerprint density at radius 3 is 3.08 bits per heavy atom. The molecule has 1 aliphatic heterocycles. The van der Waals surface area contributed by atoms with E-state index in [1.54, 1.807) is 6.20 Å². The van der Waals surface area contributed by atoms with E-state index < -0.39 is 0 Å². The zero-order valence-electron chi connectivity index (χ0n) is 13.8. The van der Waals surface area contributed by atoms with E-state index in [-0.39, 0.29) is 24.0 Å². The first kappa shape index (κ1) is 15.3. The van der Waals surface area contributed by atoms with Gasteiger partial charge in [-0.3, -0.25) is 14.5 Å². The number of carbonyl (C=O) groups is 1. The highest BCUT2D eigenvalue weighted by Gasteiger charge is 2.45. The zero-order chi connectivity index (χ0) is 16.5. The Labute approximate surface area is 141 Å². The van der Waals surface area contributed by atoms with Crippen LogP contribution < -0.4 is 5.32 Å². The van der Waals surface area contributed by atoms with E-state index in [0.29, 0.717) is 12.5 Å². The fourth-order valence-corrected chi connectivity index (χ4v) is 3.50. The molecule has 6 heteroatoms. The Bertz CT molecular complexity index is 715. The van der Waals surface area contributed by atoms with Crippen molar-refractivity contribution in [3.63, 3.8) is 0 Å². The summed E-state index contributed by atoms with van der Waals surface area (Å²) in [6, 6.07) is 4.00. The molecule has 2 aromatic rings. The van der Waals surface area contributed by atoms with Crippen molar-refractivity contribution in [2.45, 2.75) is 44.4 Å². The van der Waals surface area contributed by atoms with Gasteiger partial charge in [0.05, 0.1) is 12.2 Å². The summed E-state index contributed by atoms with van der Waals surface area (Å²) in [4.78, 5) is 16.7. The van der Waals surface area contributed by atoms with E-state index in [1.165, 1.54) is 0 Å². The molecule has 4 rings (SSSR count). The first-order valence-corrected chi connectivity index (χ1v) is 8.60. The third-order valence-corrected chi connectivity index (χ3v) is 4.96. The molecule has 0 radical (unpaired) electrons. The highest BCUT2D eigenvalue weighted by Crippen LogP contribution is 2.47. The van der Waals surface area contributed by atoms with Crippen LogP contribution in [0.1, 0.15) is 42.9 Å². The number of aryl methyl sites for hydroxylation is 1. The van der Waals surface area contributed by atoms with Gasteiger partial charge in [0.1, 0.15) is 6.10 Å². The Hall–Kier alpha value is -2.21. The lowest BCUT2D eigenvalue weighted by Crippen LogP contribution is -2.37. The number of nitrogens with one attached hydrogen (secondary N) is 1. The van der Waals surface area contributed by atoms with Crippen LogP contribution in [-0.4, -0.2) is 33.3 Å². The number of hydrogen-bond donors (Lipinski definition) is 1. The molecule has 2 aromatic heterocycles. The van der Waals surface area contributed by atoms with E-state index in [4.69, 9.17) is 4.74 Å². The average Bonchev–Trinajstić information content (AvgIpc) is 3.05. The predicted molar refractivity (Wildman–Crippen MR) is 88.2 cm³/mol. The fourth-order valence-electron chi connectivity index (χ4n) is 3.50. The van der Waals surface area contributed by atoms with Crippen LogP contribution in [0, 0.1) is 5.92 Å². The molecule has 4 atom stereocenters. The highest BCUT2D eigenvalue weighted by atomic mass is 16.5. The molecule has 126 valence electrons. The zero-order valence-corrected chi connectivity index (χ0v) is 13.8. The minimum Gasteiger partial charge on any atom is -0.371 e. The molecule has 0 bridgehead atoms. The normalized spacial score (nSPS) is 28.7. The Balaban J connectivity index is 1.39. The van der Waals surface area contributed by atoms with Gasteiger partial charge in [-0.05, 0) is 37.3 Å². The quantitative estimate of drug-likeness (QED) is 0.913. The topological polar surface area (TPSA) is 69.0 Å². The van der Waals surface area contributed by atoms with Crippen molar-refractivity contribution in [1.82, 2.24) is 20.1 Å². The van der Waals surface area contributed by atoms with Crippen LogP contribution in [0.2, 0.25) is 0 Å². The van der Waals surface area contributed by atoms with Crippen molar-refractivity contribution >= 4 is 5.91 Å². The van der Waals surface area contributed by atoms with Gasteiger partial charge in [0.25, 0.3) is 0 Å². The number of pyridine rings is 1. The predicted octanol–water partition coefficient (Wildman–Crippen LogP) is 2.05. The van der Waals surface area contributed by atoms with Gasteiger partial charge in [-0.1, -0.05) is 6.07 Å². The van der Waals surface area contributed by atoms with E-state index in [2.05, 4.69) is 22.3 Å². The van der Waals surface area contributed by atoms with E-state index in [9.17, 15) is 4.79 Å². The second-order valence-electron chi connectivity index (χ2n) is 6.56. The molecule has 2 aliphatic rings. The maximum absolute atomic E-state index is 12.6. The van der Waals surface area contributed by atoms with Gasteiger partial charge < -0.3 is 10.1 Å². The molecule has 2 fully saturated rings. The third-order valence-electron chi connectivity index (χ3n) is 4.96. The summed E-state index contributed by atoms with van der Waals surface area (Å²) in [6.07, 6.45) is 9.13. The number of carbonyl (C=O) groups excluding carboxylic acids is 1. The second-order valence-corrected chi connectivity index (χ2v) is 6.56. The Morgan fingerprint density at radius 2 is 2.33 bits per heavy atom. The lowest BCUT2D eigenvalue weighted by atomic mass is 10.0. The first-order valence-electron chi connectivity index (χ1n) is 8.60. The van der Waals surface area contributed by atoms with Gasteiger partial charge in [-0.25, -0.2) is 0 Å². The standard InChI is InChI=1S/C18H22N4O2/c1-2-22-11-13(10-20-22)17-16(5-7-24-17)21-18(23)15-8-14(15)12-4-3-6-19-9-12/h3-4,6,9-11,14-17H,2,5,7-8H2,1H3,(H,21,23)/t14-,15-,16+,17-/m1/s1. The molecule has 24 heavy (non-hydrogen) atoms. The molecule has 0 aromatic carbocycles. The minimum absolute atomic E-state index is 0.0298. The van der Waals surface area contributed by atoms with Crippen LogP contribution in [0.4, 0.5) is 0 Å².